The number of aryl methyl sites for hydroxylation is 1. The van der Waals surface area contributed by atoms with Crippen LogP contribution < -0.4 is 5.43 Å². The summed E-state index contributed by atoms with van der Waals surface area (Å²) in [6, 6.07) is 10.4. The Morgan fingerprint density at radius 1 is 1.15 bits per heavy atom. The second-order valence-electron chi connectivity index (χ2n) is 5.06. The number of rotatable bonds is 6. The lowest BCUT2D eigenvalue weighted by molar-refractivity contribution is -0.118. The Labute approximate surface area is 125 Å². The monoisotopic (exact) mass is 290 g/mol. The molecule has 0 aromatic heterocycles. The Hall–Kier alpha value is -1.29. The summed E-state index contributed by atoms with van der Waals surface area (Å²) in [7, 11) is 0. The fourth-order valence-corrected chi connectivity index (χ4v) is 3.02. The highest BCUT2D eigenvalue weighted by atomic mass is 32.2. The van der Waals surface area contributed by atoms with Gasteiger partial charge in [0.15, 0.2) is 0 Å². The van der Waals surface area contributed by atoms with E-state index in [0.717, 1.165) is 30.7 Å². The first kappa shape index (κ1) is 15.1. The summed E-state index contributed by atoms with van der Waals surface area (Å²) in [6.07, 6.45) is 6.81. The normalized spacial score (nSPS) is 14.9. The molecule has 0 aliphatic heterocycles. The first-order valence-electron chi connectivity index (χ1n) is 7.30. The highest BCUT2D eigenvalue weighted by Gasteiger charge is 2.07. The molecule has 1 fully saturated rings. The van der Waals surface area contributed by atoms with Crippen LogP contribution in [0.15, 0.2) is 35.4 Å². The standard InChI is InChI=1S/C16H22N2OS/c19-16(18-17-15-9-5-2-6-10-15)13-20-12-11-14-7-3-1-4-8-14/h1,3-4,7-8H,2,5-6,9-13H2,(H,18,19). The largest absolute Gasteiger partial charge is 0.272 e. The number of carbonyl (C=O) groups is 1. The summed E-state index contributed by atoms with van der Waals surface area (Å²) < 4.78 is 0. The minimum Gasteiger partial charge on any atom is -0.272 e. The molecule has 0 bridgehead atoms. The molecule has 0 radical (unpaired) electrons. The van der Waals surface area contributed by atoms with E-state index < -0.39 is 0 Å². The quantitative estimate of drug-likeness (QED) is 0.644. The number of hydrogen-bond acceptors (Lipinski definition) is 3. The molecule has 0 unspecified atom stereocenters. The van der Waals surface area contributed by atoms with Gasteiger partial charge in [-0.1, -0.05) is 36.8 Å². The molecule has 1 aliphatic carbocycles. The maximum absolute atomic E-state index is 11.7. The lowest BCUT2D eigenvalue weighted by Gasteiger charge is -2.11. The van der Waals surface area contributed by atoms with Gasteiger partial charge in [-0.05, 0) is 43.4 Å². The topological polar surface area (TPSA) is 41.5 Å². The summed E-state index contributed by atoms with van der Waals surface area (Å²) >= 11 is 1.66. The van der Waals surface area contributed by atoms with Crippen molar-refractivity contribution in [1.82, 2.24) is 5.43 Å². The van der Waals surface area contributed by atoms with Crippen molar-refractivity contribution in [1.29, 1.82) is 0 Å². The van der Waals surface area contributed by atoms with Crippen molar-refractivity contribution >= 4 is 23.4 Å². The molecule has 0 atom stereocenters. The van der Waals surface area contributed by atoms with Gasteiger partial charge in [-0.25, -0.2) is 5.43 Å². The van der Waals surface area contributed by atoms with E-state index in [4.69, 9.17) is 0 Å². The number of nitrogens with one attached hydrogen (secondary N) is 1. The van der Waals surface area contributed by atoms with Crippen LogP contribution in [0.25, 0.3) is 0 Å². The fraction of sp³-hybridized carbons (Fsp3) is 0.500. The molecular weight excluding hydrogens is 268 g/mol. The zero-order valence-corrected chi connectivity index (χ0v) is 12.6. The third kappa shape index (κ3) is 5.78. The molecule has 108 valence electrons. The summed E-state index contributed by atoms with van der Waals surface area (Å²) in [5, 5.41) is 4.22. The van der Waals surface area contributed by atoms with Crippen molar-refractivity contribution in [2.75, 3.05) is 11.5 Å². The average molecular weight is 290 g/mol. The van der Waals surface area contributed by atoms with E-state index in [0.29, 0.717) is 5.75 Å². The molecule has 20 heavy (non-hydrogen) atoms. The summed E-state index contributed by atoms with van der Waals surface area (Å²) in [5.41, 5.74) is 5.15. The predicted octanol–water partition coefficient (Wildman–Crippen LogP) is 3.40. The highest BCUT2D eigenvalue weighted by molar-refractivity contribution is 7.99. The molecule has 0 saturated heterocycles. The van der Waals surface area contributed by atoms with Crippen molar-refractivity contribution in [3.05, 3.63) is 35.9 Å². The molecule has 1 saturated carbocycles. The van der Waals surface area contributed by atoms with Crippen molar-refractivity contribution in [2.24, 2.45) is 5.10 Å². The first-order valence-corrected chi connectivity index (χ1v) is 8.46. The summed E-state index contributed by atoms with van der Waals surface area (Å²) in [5.74, 6) is 1.47. The molecule has 1 amide bonds. The van der Waals surface area contributed by atoms with Crippen LogP contribution in [0, 0.1) is 0 Å². The molecule has 0 spiro atoms. The Morgan fingerprint density at radius 3 is 2.65 bits per heavy atom. The van der Waals surface area contributed by atoms with Gasteiger partial charge in [-0.2, -0.15) is 16.9 Å². The van der Waals surface area contributed by atoms with Crippen LogP contribution in [0.3, 0.4) is 0 Å². The Balaban J connectivity index is 1.58. The van der Waals surface area contributed by atoms with Crippen LogP contribution in [0.2, 0.25) is 0 Å². The number of benzene rings is 1. The smallest absolute Gasteiger partial charge is 0.250 e. The van der Waals surface area contributed by atoms with Crippen molar-refractivity contribution in [3.63, 3.8) is 0 Å². The van der Waals surface area contributed by atoms with Crippen LogP contribution in [-0.4, -0.2) is 23.1 Å². The van der Waals surface area contributed by atoms with Gasteiger partial charge in [0.05, 0.1) is 5.75 Å². The van der Waals surface area contributed by atoms with E-state index in [1.54, 1.807) is 11.8 Å². The molecule has 1 aliphatic rings. The van der Waals surface area contributed by atoms with Gasteiger partial charge in [-0.3, -0.25) is 4.79 Å². The minimum absolute atomic E-state index is 0.0149. The first-order chi connectivity index (χ1) is 9.84. The van der Waals surface area contributed by atoms with Gasteiger partial charge in [0.25, 0.3) is 0 Å². The lowest BCUT2D eigenvalue weighted by atomic mass is 9.99. The van der Waals surface area contributed by atoms with Crippen LogP contribution in [-0.2, 0) is 11.2 Å². The fourth-order valence-electron chi connectivity index (χ4n) is 2.24. The van der Waals surface area contributed by atoms with Crippen molar-refractivity contribution in [3.8, 4) is 0 Å². The van der Waals surface area contributed by atoms with Crippen LogP contribution in [0.4, 0.5) is 0 Å². The predicted molar refractivity (Wildman–Crippen MR) is 86.1 cm³/mol. The average Bonchev–Trinajstić information content (AvgIpc) is 2.52. The second-order valence-corrected chi connectivity index (χ2v) is 6.17. The SMILES string of the molecule is O=C(CSCCc1ccccc1)NN=C1CCCCC1. The van der Waals surface area contributed by atoms with Crippen LogP contribution in [0.1, 0.15) is 37.7 Å². The molecule has 3 nitrogen and oxygen atoms in total. The maximum Gasteiger partial charge on any atom is 0.250 e. The molecule has 1 aromatic carbocycles. The number of thioether (sulfide) groups is 1. The zero-order valence-electron chi connectivity index (χ0n) is 11.8. The number of hydrazone groups is 1. The van der Waals surface area contributed by atoms with Gasteiger partial charge in [-0.15, -0.1) is 0 Å². The number of hydrogen-bond donors (Lipinski definition) is 1. The number of carbonyl (C=O) groups excluding carboxylic acids is 1. The third-order valence-corrected chi connectivity index (χ3v) is 4.34. The van der Waals surface area contributed by atoms with E-state index in [2.05, 4.69) is 22.7 Å². The highest BCUT2D eigenvalue weighted by Crippen LogP contribution is 2.14. The maximum atomic E-state index is 11.7. The van der Waals surface area contributed by atoms with Gasteiger partial charge in [0.1, 0.15) is 0 Å². The Morgan fingerprint density at radius 2 is 1.90 bits per heavy atom. The van der Waals surface area contributed by atoms with Crippen LogP contribution in [0.5, 0.6) is 0 Å². The molecule has 0 heterocycles. The number of amides is 1. The van der Waals surface area contributed by atoms with E-state index in [9.17, 15) is 4.79 Å². The Bertz CT molecular complexity index is 437. The van der Waals surface area contributed by atoms with Crippen molar-refractivity contribution in [2.45, 2.75) is 38.5 Å². The van der Waals surface area contributed by atoms with Crippen LogP contribution >= 0.6 is 11.8 Å². The van der Waals surface area contributed by atoms with Gasteiger partial charge in [0, 0.05) is 5.71 Å². The van der Waals surface area contributed by atoms with Crippen molar-refractivity contribution < 1.29 is 4.79 Å². The second kappa shape index (κ2) is 8.80. The van der Waals surface area contributed by atoms with E-state index in [1.807, 2.05) is 18.2 Å². The summed E-state index contributed by atoms with van der Waals surface area (Å²) in [6.45, 7) is 0. The van der Waals surface area contributed by atoms with E-state index >= 15 is 0 Å². The van der Waals surface area contributed by atoms with Gasteiger partial charge >= 0.3 is 0 Å². The lowest BCUT2D eigenvalue weighted by Crippen LogP contribution is -2.22. The van der Waals surface area contributed by atoms with Gasteiger partial charge < -0.3 is 0 Å². The third-order valence-electron chi connectivity index (χ3n) is 3.38. The number of nitrogens with zero attached hydrogens (tertiary/aromatic N) is 1. The van der Waals surface area contributed by atoms with E-state index in [1.165, 1.54) is 24.8 Å². The molecule has 1 aromatic rings. The van der Waals surface area contributed by atoms with E-state index in [-0.39, 0.29) is 5.91 Å². The molecule has 2 rings (SSSR count). The molecule has 1 N–H and O–H groups in total. The zero-order chi connectivity index (χ0) is 14.0. The molecular formula is C16H22N2OS. The van der Waals surface area contributed by atoms with Gasteiger partial charge in [0.2, 0.25) is 5.91 Å². The Kier molecular flexibility index (Phi) is 6.64. The summed E-state index contributed by atoms with van der Waals surface area (Å²) in [4.78, 5) is 11.7. The molecule has 4 heteroatoms. The minimum atomic E-state index is 0.0149.